The summed E-state index contributed by atoms with van der Waals surface area (Å²) in [5, 5.41) is 9.55. The first kappa shape index (κ1) is 14.5. The quantitative estimate of drug-likeness (QED) is 0.838. The average molecular weight is 368 g/mol. The minimum atomic E-state index is -0.659. The third-order valence-electron chi connectivity index (χ3n) is 2.18. The zero-order chi connectivity index (χ0) is 13.0. The van der Waals surface area contributed by atoms with Crippen molar-refractivity contribution in [3.8, 4) is 11.5 Å². The van der Waals surface area contributed by atoms with Crippen molar-refractivity contribution in [2.45, 2.75) is 19.8 Å². The van der Waals surface area contributed by atoms with Crippen LogP contribution in [0.25, 0.3) is 0 Å². The van der Waals surface area contributed by atoms with Crippen LogP contribution in [0, 0.1) is 5.82 Å². The fourth-order valence-corrected chi connectivity index (χ4v) is 1.58. The molecule has 0 aromatic heterocycles. The third kappa shape index (κ3) is 4.32. The van der Waals surface area contributed by atoms with Gasteiger partial charge in [0, 0.05) is 11.6 Å². The van der Waals surface area contributed by atoms with Gasteiger partial charge in [-0.25, -0.2) is 4.39 Å². The highest BCUT2D eigenvalue weighted by molar-refractivity contribution is 9.28. The van der Waals surface area contributed by atoms with Gasteiger partial charge in [0.15, 0.2) is 11.6 Å². The second-order valence-corrected chi connectivity index (χ2v) is 6.58. The Bertz CT molecular complexity index is 427. The number of hydrogen-bond acceptors (Lipinski definition) is 2. The Morgan fingerprint density at radius 3 is 2.65 bits per heavy atom. The molecule has 0 spiro atoms. The molecule has 0 saturated carbocycles. The number of phenols is 1. The molecule has 94 valence electrons. The summed E-state index contributed by atoms with van der Waals surface area (Å²) in [6.07, 6.45) is 1.75. The minimum Gasteiger partial charge on any atom is -0.505 e. The largest absolute Gasteiger partial charge is 0.505 e. The highest BCUT2D eigenvalue weighted by atomic mass is 79.9. The summed E-state index contributed by atoms with van der Waals surface area (Å²) in [7, 11) is 0. The molecule has 1 aromatic carbocycles. The summed E-state index contributed by atoms with van der Waals surface area (Å²) in [4.78, 5) is 0. The van der Waals surface area contributed by atoms with Gasteiger partial charge in [-0.3, -0.25) is 0 Å². The zero-order valence-electron chi connectivity index (χ0n) is 9.51. The number of halogens is 3. The maximum absolute atomic E-state index is 13.4. The molecule has 0 aliphatic heterocycles. The van der Waals surface area contributed by atoms with Crippen LogP contribution in [0.15, 0.2) is 21.6 Å². The van der Waals surface area contributed by atoms with Crippen LogP contribution in [0.5, 0.6) is 11.5 Å². The van der Waals surface area contributed by atoms with Gasteiger partial charge in [0.05, 0.1) is 3.39 Å². The van der Waals surface area contributed by atoms with Crippen molar-refractivity contribution < 1.29 is 14.2 Å². The van der Waals surface area contributed by atoms with Crippen molar-refractivity contribution in [2.24, 2.45) is 0 Å². The first-order chi connectivity index (χ1) is 7.91. The van der Waals surface area contributed by atoms with Gasteiger partial charge in [-0.15, -0.1) is 0 Å². The average Bonchev–Trinajstić information content (AvgIpc) is 2.22. The summed E-state index contributed by atoms with van der Waals surface area (Å²) < 4.78 is 19.5. The Hall–Kier alpha value is -0.550. The molecule has 0 radical (unpaired) electrons. The van der Waals surface area contributed by atoms with E-state index in [1.165, 1.54) is 6.07 Å². The van der Waals surface area contributed by atoms with Crippen LogP contribution < -0.4 is 4.74 Å². The highest BCUT2D eigenvalue weighted by Gasteiger charge is 2.13. The molecule has 2 nitrogen and oxygen atoms in total. The Balaban J connectivity index is 2.91. The maximum Gasteiger partial charge on any atom is 0.168 e. The minimum absolute atomic E-state index is 0.0338. The molecular formula is C12H13Br2FO2. The SMILES string of the molecule is CC(C)c1cc(OCC=C(Br)Br)cc(F)c1O. The first-order valence-electron chi connectivity index (χ1n) is 5.08. The summed E-state index contributed by atoms with van der Waals surface area (Å²) in [5.74, 6) is -0.523. The molecule has 17 heavy (non-hydrogen) atoms. The fourth-order valence-electron chi connectivity index (χ4n) is 1.32. The van der Waals surface area contributed by atoms with Gasteiger partial charge < -0.3 is 9.84 Å². The molecule has 0 heterocycles. The van der Waals surface area contributed by atoms with E-state index in [9.17, 15) is 9.50 Å². The lowest BCUT2D eigenvalue weighted by Crippen LogP contribution is -1.97. The Morgan fingerprint density at radius 1 is 1.47 bits per heavy atom. The lowest BCUT2D eigenvalue weighted by Gasteiger charge is -2.12. The molecule has 0 unspecified atom stereocenters. The lowest BCUT2D eigenvalue weighted by molar-refractivity contribution is 0.355. The number of ether oxygens (including phenoxy) is 1. The van der Waals surface area contributed by atoms with Gasteiger partial charge >= 0.3 is 0 Å². The Morgan fingerprint density at radius 2 is 2.12 bits per heavy atom. The van der Waals surface area contributed by atoms with Crippen molar-refractivity contribution in [3.63, 3.8) is 0 Å². The molecule has 5 heteroatoms. The molecule has 1 aromatic rings. The molecule has 1 rings (SSSR count). The van der Waals surface area contributed by atoms with Gasteiger partial charge in [0.2, 0.25) is 0 Å². The Kier molecular flexibility index (Phi) is 5.46. The number of benzene rings is 1. The number of hydrogen-bond donors (Lipinski definition) is 1. The molecule has 0 atom stereocenters. The third-order valence-corrected chi connectivity index (χ3v) is 2.82. The number of phenolic OH excluding ortho intramolecular Hbond substituents is 1. The van der Waals surface area contributed by atoms with E-state index in [1.54, 1.807) is 12.1 Å². The summed E-state index contributed by atoms with van der Waals surface area (Å²) in [6.45, 7) is 4.08. The van der Waals surface area contributed by atoms with E-state index >= 15 is 0 Å². The van der Waals surface area contributed by atoms with E-state index in [4.69, 9.17) is 4.74 Å². The molecule has 0 bridgehead atoms. The van der Waals surface area contributed by atoms with Crippen molar-refractivity contribution in [1.29, 1.82) is 0 Å². The van der Waals surface area contributed by atoms with Gasteiger partial charge in [0.1, 0.15) is 12.4 Å². The predicted octanol–water partition coefficient (Wildman–Crippen LogP) is 4.66. The standard InChI is InChI=1S/C12H13Br2FO2/c1-7(2)9-5-8(6-10(15)12(9)16)17-4-3-11(13)14/h3,5-7,16H,4H2,1-2H3. The van der Waals surface area contributed by atoms with E-state index < -0.39 is 5.82 Å². The summed E-state index contributed by atoms with van der Waals surface area (Å²) in [6, 6.07) is 2.83. The molecular weight excluding hydrogens is 355 g/mol. The van der Waals surface area contributed by atoms with Crippen molar-refractivity contribution >= 4 is 31.9 Å². The van der Waals surface area contributed by atoms with Crippen molar-refractivity contribution in [2.75, 3.05) is 6.61 Å². The van der Waals surface area contributed by atoms with Crippen LogP contribution in [0.2, 0.25) is 0 Å². The number of aromatic hydroxyl groups is 1. The molecule has 1 N–H and O–H groups in total. The smallest absolute Gasteiger partial charge is 0.168 e. The Labute approximate surface area is 117 Å². The molecule has 0 fully saturated rings. The zero-order valence-corrected chi connectivity index (χ0v) is 12.7. The van der Waals surface area contributed by atoms with E-state index in [0.717, 1.165) is 3.39 Å². The van der Waals surface area contributed by atoms with Crippen LogP contribution in [0.4, 0.5) is 4.39 Å². The molecule has 0 aliphatic rings. The molecule has 0 aliphatic carbocycles. The van der Waals surface area contributed by atoms with Crippen molar-refractivity contribution in [1.82, 2.24) is 0 Å². The highest BCUT2D eigenvalue weighted by Crippen LogP contribution is 2.32. The van der Waals surface area contributed by atoms with Crippen LogP contribution >= 0.6 is 31.9 Å². The summed E-state index contributed by atoms with van der Waals surface area (Å²) >= 11 is 6.39. The molecule has 0 saturated heterocycles. The van der Waals surface area contributed by atoms with E-state index in [1.807, 2.05) is 13.8 Å². The van der Waals surface area contributed by atoms with Crippen LogP contribution in [0.1, 0.15) is 25.3 Å². The van der Waals surface area contributed by atoms with E-state index in [-0.39, 0.29) is 11.7 Å². The lowest BCUT2D eigenvalue weighted by atomic mass is 10.0. The topological polar surface area (TPSA) is 29.5 Å². The first-order valence-corrected chi connectivity index (χ1v) is 6.66. The van der Waals surface area contributed by atoms with Gasteiger partial charge in [-0.05, 0) is 49.9 Å². The van der Waals surface area contributed by atoms with Crippen LogP contribution in [0.3, 0.4) is 0 Å². The van der Waals surface area contributed by atoms with Gasteiger partial charge in [-0.1, -0.05) is 13.8 Å². The van der Waals surface area contributed by atoms with E-state index in [0.29, 0.717) is 17.9 Å². The number of rotatable bonds is 4. The maximum atomic E-state index is 13.4. The second-order valence-electron chi connectivity index (χ2n) is 3.80. The van der Waals surface area contributed by atoms with Crippen molar-refractivity contribution in [3.05, 3.63) is 33.0 Å². The van der Waals surface area contributed by atoms with Crippen LogP contribution in [-0.2, 0) is 0 Å². The fraction of sp³-hybridized carbons (Fsp3) is 0.333. The normalized spacial score (nSPS) is 10.5. The second kappa shape index (κ2) is 6.40. The van der Waals surface area contributed by atoms with Gasteiger partial charge in [-0.2, -0.15) is 0 Å². The van der Waals surface area contributed by atoms with Gasteiger partial charge in [0.25, 0.3) is 0 Å². The monoisotopic (exact) mass is 366 g/mol. The summed E-state index contributed by atoms with van der Waals surface area (Å²) in [5.41, 5.74) is 0.543. The van der Waals surface area contributed by atoms with E-state index in [2.05, 4.69) is 31.9 Å². The molecule has 0 amide bonds. The predicted molar refractivity (Wildman–Crippen MR) is 73.6 cm³/mol. The van der Waals surface area contributed by atoms with Crippen LogP contribution in [-0.4, -0.2) is 11.7 Å².